The second kappa shape index (κ2) is 6.70. The van der Waals surface area contributed by atoms with E-state index in [1.165, 1.54) is 0 Å². The monoisotopic (exact) mass is 271 g/mol. The second-order valence-electron chi connectivity index (χ2n) is 4.94. The van der Waals surface area contributed by atoms with Gasteiger partial charge in [0, 0.05) is 0 Å². The van der Waals surface area contributed by atoms with Gasteiger partial charge in [-0.1, -0.05) is 0 Å². The first-order valence-corrected chi connectivity index (χ1v) is 6.56. The first-order chi connectivity index (χ1) is 9.13. The lowest BCUT2D eigenvalue weighted by Crippen LogP contribution is -2.38. The summed E-state index contributed by atoms with van der Waals surface area (Å²) in [6.07, 6.45) is -0.458. The molecular weight excluding hydrogens is 252 g/mol. The summed E-state index contributed by atoms with van der Waals surface area (Å²) in [6.45, 7) is 1.92. The molecule has 0 radical (unpaired) electrons. The summed E-state index contributed by atoms with van der Waals surface area (Å²) < 4.78 is 30.1. The standard InChI is InChI=1S/C14H19F2NO2/c15-14(16)9-17-7-5-11(6-8-17)10-19-13-3-1-12(18)2-4-13/h1-4,11,14,18H,5-10H2. The van der Waals surface area contributed by atoms with Gasteiger partial charge >= 0.3 is 0 Å². The zero-order valence-electron chi connectivity index (χ0n) is 10.8. The van der Waals surface area contributed by atoms with E-state index in [9.17, 15) is 8.78 Å². The van der Waals surface area contributed by atoms with Gasteiger partial charge in [-0.05, 0) is 56.1 Å². The van der Waals surface area contributed by atoms with Crippen LogP contribution in [-0.2, 0) is 0 Å². The molecule has 1 heterocycles. The van der Waals surface area contributed by atoms with Crippen LogP contribution in [0.4, 0.5) is 8.78 Å². The van der Waals surface area contributed by atoms with Gasteiger partial charge in [0.15, 0.2) is 0 Å². The molecule has 0 atom stereocenters. The van der Waals surface area contributed by atoms with Crippen LogP contribution in [0.5, 0.6) is 11.5 Å². The summed E-state index contributed by atoms with van der Waals surface area (Å²) in [6, 6.07) is 6.61. The van der Waals surface area contributed by atoms with E-state index in [1.54, 1.807) is 24.3 Å². The fourth-order valence-electron chi connectivity index (χ4n) is 2.29. The normalized spacial score (nSPS) is 17.8. The Kier molecular flexibility index (Phi) is 4.96. The predicted octanol–water partition coefficient (Wildman–Crippen LogP) is 2.75. The number of rotatable bonds is 5. The molecule has 0 unspecified atom stereocenters. The Labute approximate surface area is 111 Å². The highest BCUT2D eigenvalue weighted by Crippen LogP contribution is 2.21. The molecule has 0 spiro atoms. The molecule has 1 aliphatic rings. The van der Waals surface area contributed by atoms with E-state index in [-0.39, 0.29) is 12.3 Å². The number of hydrogen-bond donors (Lipinski definition) is 1. The van der Waals surface area contributed by atoms with Gasteiger partial charge in [-0.3, -0.25) is 4.90 Å². The van der Waals surface area contributed by atoms with Crippen molar-refractivity contribution in [3.63, 3.8) is 0 Å². The average Bonchev–Trinajstić information content (AvgIpc) is 2.39. The highest BCUT2D eigenvalue weighted by molar-refractivity contribution is 5.30. The molecule has 1 aromatic rings. The van der Waals surface area contributed by atoms with E-state index < -0.39 is 6.43 Å². The molecule has 1 N–H and O–H groups in total. The minimum Gasteiger partial charge on any atom is -0.508 e. The molecule has 1 aliphatic heterocycles. The lowest BCUT2D eigenvalue weighted by molar-refractivity contribution is 0.0620. The van der Waals surface area contributed by atoms with Gasteiger partial charge in [0.2, 0.25) is 0 Å². The van der Waals surface area contributed by atoms with Gasteiger partial charge in [0.25, 0.3) is 6.43 Å². The smallest absolute Gasteiger partial charge is 0.251 e. The van der Waals surface area contributed by atoms with Crippen LogP contribution in [0, 0.1) is 5.92 Å². The molecule has 0 aliphatic carbocycles. The van der Waals surface area contributed by atoms with Crippen molar-refractivity contribution in [3.8, 4) is 11.5 Å². The second-order valence-corrected chi connectivity index (χ2v) is 4.94. The molecular formula is C14H19F2NO2. The first kappa shape index (κ1) is 14.1. The van der Waals surface area contributed by atoms with Crippen molar-refractivity contribution in [1.82, 2.24) is 4.90 Å². The van der Waals surface area contributed by atoms with E-state index in [2.05, 4.69) is 0 Å². The summed E-state index contributed by atoms with van der Waals surface area (Å²) >= 11 is 0. The number of piperidine rings is 1. The number of likely N-dealkylation sites (tertiary alicyclic amines) is 1. The van der Waals surface area contributed by atoms with Gasteiger partial charge < -0.3 is 9.84 Å². The third-order valence-corrected chi connectivity index (χ3v) is 3.43. The Bertz CT molecular complexity index is 376. The number of phenolic OH excluding ortho intramolecular Hbond substituents is 1. The number of aromatic hydroxyl groups is 1. The minimum atomic E-state index is -2.25. The molecule has 1 fully saturated rings. The van der Waals surface area contributed by atoms with E-state index in [0.29, 0.717) is 25.6 Å². The maximum atomic E-state index is 12.2. The first-order valence-electron chi connectivity index (χ1n) is 6.56. The zero-order chi connectivity index (χ0) is 13.7. The van der Waals surface area contributed by atoms with Gasteiger partial charge in [0.1, 0.15) is 11.5 Å². The number of benzene rings is 1. The number of nitrogens with zero attached hydrogens (tertiary/aromatic N) is 1. The summed E-state index contributed by atoms with van der Waals surface area (Å²) in [7, 11) is 0. The summed E-state index contributed by atoms with van der Waals surface area (Å²) in [5.41, 5.74) is 0. The maximum absolute atomic E-state index is 12.2. The number of alkyl halides is 2. The average molecular weight is 271 g/mol. The van der Waals surface area contributed by atoms with Gasteiger partial charge in [-0.2, -0.15) is 0 Å². The lowest BCUT2D eigenvalue weighted by Gasteiger charge is -2.31. The van der Waals surface area contributed by atoms with Crippen LogP contribution in [0.2, 0.25) is 0 Å². The third kappa shape index (κ3) is 4.67. The van der Waals surface area contributed by atoms with Crippen LogP contribution in [0.1, 0.15) is 12.8 Å². The van der Waals surface area contributed by atoms with Crippen LogP contribution >= 0.6 is 0 Å². The minimum absolute atomic E-state index is 0.120. The zero-order valence-corrected chi connectivity index (χ0v) is 10.8. The van der Waals surface area contributed by atoms with E-state index >= 15 is 0 Å². The SMILES string of the molecule is Oc1ccc(OCC2CCN(CC(F)F)CC2)cc1. The van der Waals surface area contributed by atoms with Crippen molar-refractivity contribution in [2.45, 2.75) is 19.3 Å². The van der Waals surface area contributed by atoms with E-state index in [0.717, 1.165) is 18.6 Å². The Morgan fingerprint density at radius 1 is 1.21 bits per heavy atom. The van der Waals surface area contributed by atoms with Crippen molar-refractivity contribution in [2.24, 2.45) is 5.92 Å². The fraction of sp³-hybridized carbons (Fsp3) is 0.571. The van der Waals surface area contributed by atoms with Crippen molar-refractivity contribution in [1.29, 1.82) is 0 Å². The number of phenols is 1. The fourth-order valence-corrected chi connectivity index (χ4v) is 2.29. The molecule has 5 heteroatoms. The highest BCUT2D eigenvalue weighted by Gasteiger charge is 2.21. The summed E-state index contributed by atoms with van der Waals surface area (Å²) in [4.78, 5) is 1.81. The Morgan fingerprint density at radius 2 is 1.84 bits per heavy atom. The number of ether oxygens (including phenoxy) is 1. The van der Waals surface area contributed by atoms with Crippen LogP contribution in [0.3, 0.4) is 0 Å². The molecule has 2 rings (SSSR count). The quantitative estimate of drug-likeness (QED) is 0.893. The summed E-state index contributed by atoms with van der Waals surface area (Å²) in [5.74, 6) is 1.36. The molecule has 0 saturated carbocycles. The molecule has 0 aromatic heterocycles. The summed E-state index contributed by atoms with van der Waals surface area (Å²) in [5, 5.41) is 9.15. The van der Waals surface area contributed by atoms with E-state index in [1.807, 2.05) is 4.90 Å². The predicted molar refractivity (Wildman–Crippen MR) is 68.8 cm³/mol. The molecule has 106 valence electrons. The largest absolute Gasteiger partial charge is 0.508 e. The Morgan fingerprint density at radius 3 is 2.42 bits per heavy atom. The van der Waals surface area contributed by atoms with Crippen molar-refractivity contribution in [2.75, 3.05) is 26.2 Å². The molecule has 1 saturated heterocycles. The van der Waals surface area contributed by atoms with Crippen molar-refractivity contribution >= 4 is 0 Å². The number of hydrogen-bond acceptors (Lipinski definition) is 3. The Hall–Kier alpha value is -1.36. The number of halogens is 2. The van der Waals surface area contributed by atoms with Crippen LogP contribution in [0.15, 0.2) is 24.3 Å². The third-order valence-electron chi connectivity index (χ3n) is 3.43. The molecule has 1 aromatic carbocycles. The Balaban J connectivity index is 1.69. The van der Waals surface area contributed by atoms with Crippen LogP contribution in [-0.4, -0.2) is 42.7 Å². The molecule has 19 heavy (non-hydrogen) atoms. The van der Waals surface area contributed by atoms with Crippen LogP contribution < -0.4 is 4.74 Å². The topological polar surface area (TPSA) is 32.7 Å². The van der Waals surface area contributed by atoms with Crippen molar-refractivity contribution < 1.29 is 18.6 Å². The van der Waals surface area contributed by atoms with Gasteiger partial charge in [-0.25, -0.2) is 8.78 Å². The lowest BCUT2D eigenvalue weighted by atomic mass is 9.98. The molecule has 3 nitrogen and oxygen atoms in total. The van der Waals surface area contributed by atoms with Crippen LogP contribution in [0.25, 0.3) is 0 Å². The van der Waals surface area contributed by atoms with Crippen molar-refractivity contribution in [3.05, 3.63) is 24.3 Å². The maximum Gasteiger partial charge on any atom is 0.251 e. The molecule has 0 amide bonds. The van der Waals surface area contributed by atoms with Gasteiger partial charge in [-0.15, -0.1) is 0 Å². The van der Waals surface area contributed by atoms with Gasteiger partial charge in [0.05, 0.1) is 13.2 Å². The molecule has 0 bridgehead atoms. The highest BCUT2D eigenvalue weighted by atomic mass is 19.3. The van der Waals surface area contributed by atoms with E-state index in [4.69, 9.17) is 9.84 Å².